The largest absolute Gasteiger partial charge is 0.464 e. The highest BCUT2D eigenvalue weighted by molar-refractivity contribution is 6.76. The second-order valence-corrected chi connectivity index (χ2v) is 11.4. The lowest BCUT2D eigenvalue weighted by Gasteiger charge is -2.15. The standard InChI is InChI=1S/C13H22N2O5Si/c1-18-12(16)10-8-11(13(17)19-2)15(14-10)9-20-6-7-21(3,4)5/h8H,6-7,9H2,1-5H3. The number of hydrogen-bond acceptors (Lipinski definition) is 6. The third kappa shape index (κ3) is 5.31. The van der Waals surface area contributed by atoms with E-state index in [9.17, 15) is 9.59 Å². The van der Waals surface area contributed by atoms with Crippen molar-refractivity contribution in [3.63, 3.8) is 0 Å². The van der Waals surface area contributed by atoms with Crippen LogP contribution in [0.3, 0.4) is 0 Å². The van der Waals surface area contributed by atoms with E-state index in [1.165, 1.54) is 25.0 Å². The highest BCUT2D eigenvalue weighted by Gasteiger charge is 2.20. The third-order valence-electron chi connectivity index (χ3n) is 2.78. The molecule has 0 spiro atoms. The van der Waals surface area contributed by atoms with Crippen molar-refractivity contribution in [1.29, 1.82) is 0 Å². The molecule has 0 amide bonds. The molecule has 1 heterocycles. The minimum Gasteiger partial charge on any atom is -0.464 e. The Morgan fingerprint density at radius 1 is 1.19 bits per heavy atom. The fraction of sp³-hybridized carbons (Fsp3) is 0.615. The predicted octanol–water partition coefficient (Wildman–Crippen LogP) is 1.77. The number of rotatable bonds is 7. The number of ether oxygens (including phenoxy) is 3. The van der Waals surface area contributed by atoms with E-state index < -0.39 is 20.0 Å². The summed E-state index contributed by atoms with van der Waals surface area (Å²) in [6.07, 6.45) is 0. The lowest BCUT2D eigenvalue weighted by molar-refractivity contribution is 0.0508. The smallest absolute Gasteiger partial charge is 0.358 e. The molecule has 1 rings (SSSR count). The maximum atomic E-state index is 11.7. The van der Waals surface area contributed by atoms with Gasteiger partial charge in [0.1, 0.15) is 12.4 Å². The first kappa shape index (κ1) is 17.4. The molecule has 1 aromatic heterocycles. The van der Waals surface area contributed by atoms with E-state index in [-0.39, 0.29) is 18.1 Å². The second-order valence-electron chi connectivity index (χ2n) is 5.75. The fourth-order valence-corrected chi connectivity index (χ4v) is 2.27. The van der Waals surface area contributed by atoms with E-state index in [4.69, 9.17) is 4.74 Å². The van der Waals surface area contributed by atoms with Gasteiger partial charge < -0.3 is 14.2 Å². The molecule has 0 radical (unpaired) electrons. The maximum Gasteiger partial charge on any atom is 0.358 e. The van der Waals surface area contributed by atoms with Gasteiger partial charge in [0.25, 0.3) is 0 Å². The third-order valence-corrected chi connectivity index (χ3v) is 4.48. The first-order chi connectivity index (χ1) is 9.78. The summed E-state index contributed by atoms with van der Waals surface area (Å²) < 4.78 is 16.1. The average Bonchev–Trinajstić information content (AvgIpc) is 2.85. The van der Waals surface area contributed by atoms with E-state index in [2.05, 4.69) is 34.2 Å². The van der Waals surface area contributed by atoms with Crippen LogP contribution in [0.5, 0.6) is 0 Å². The minimum absolute atomic E-state index is 0.0479. The Labute approximate surface area is 125 Å². The quantitative estimate of drug-likeness (QED) is 0.433. The van der Waals surface area contributed by atoms with Gasteiger partial charge in [-0.3, -0.25) is 0 Å². The summed E-state index contributed by atoms with van der Waals surface area (Å²) in [7, 11) is 1.34. The highest BCUT2D eigenvalue weighted by Crippen LogP contribution is 2.10. The molecule has 0 atom stereocenters. The van der Waals surface area contributed by atoms with Gasteiger partial charge in [-0.25, -0.2) is 14.3 Å². The molecule has 21 heavy (non-hydrogen) atoms. The molecule has 7 nitrogen and oxygen atoms in total. The Bertz CT molecular complexity index is 507. The Kier molecular flexibility index (Phi) is 6.10. The summed E-state index contributed by atoms with van der Waals surface area (Å²) in [6.45, 7) is 7.42. The number of carbonyl (C=O) groups excluding carboxylic acids is 2. The van der Waals surface area contributed by atoms with Crippen molar-refractivity contribution in [3.05, 3.63) is 17.5 Å². The number of esters is 2. The Morgan fingerprint density at radius 2 is 1.81 bits per heavy atom. The molecule has 0 aliphatic heterocycles. The molecule has 0 aliphatic carbocycles. The number of hydrogen-bond donors (Lipinski definition) is 0. The summed E-state index contributed by atoms with van der Waals surface area (Å²) in [5.41, 5.74) is 0.206. The van der Waals surface area contributed by atoms with Crippen LogP contribution in [0.15, 0.2) is 6.07 Å². The highest BCUT2D eigenvalue weighted by atomic mass is 28.3. The van der Waals surface area contributed by atoms with E-state index in [1.807, 2.05) is 0 Å². The predicted molar refractivity (Wildman–Crippen MR) is 79.0 cm³/mol. The zero-order valence-electron chi connectivity index (χ0n) is 13.1. The Hall–Kier alpha value is -1.67. The molecule has 1 aromatic rings. The van der Waals surface area contributed by atoms with Gasteiger partial charge in [0.2, 0.25) is 0 Å². The maximum absolute atomic E-state index is 11.7. The number of methoxy groups -OCH3 is 2. The van der Waals surface area contributed by atoms with E-state index in [0.29, 0.717) is 6.61 Å². The van der Waals surface area contributed by atoms with Gasteiger partial charge >= 0.3 is 11.9 Å². The van der Waals surface area contributed by atoms with Gasteiger partial charge in [0, 0.05) is 20.7 Å². The average molecular weight is 314 g/mol. The van der Waals surface area contributed by atoms with Crippen LogP contribution in [0.4, 0.5) is 0 Å². The monoisotopic (exact) mass is 314 g/mol. The molecule has 0 aliphatic rings. The van der Waals surface area contributed by atoms with Gasteiger partial charge in [0.05, 0.1) is 14.2 Å². The molecule has 8 heteroatoms. The molecular weight excluding hydrogens is 292 g/mol. The summed E-state index contributed by atoms with van der Waals surface area (Å²) in [4.78, 5) is 23.1. The summed E-state index contributed by atoms with van der Waals surface area (Å²) in [6, 6.07) is 2.34. The van der Waals surface area contributed by atoms with E-state index >= 15 is 0 Å². The van der Waals surface area contributed by atoms with Crippen molar-refractivity contribution in [2.45, 2.75) is 32.4 Å². The number of carbonyl (C=O) groups is 2. The molecule has 0 unspecified atom stereocenters. The molecule has 0 saturated carbocycles. The molecule has 0 fully saturated rings. The van der Waals surface area contributed by atoms with Crippen LogP contribution in [0, 0.1) is 0 Å². The van der Waals surface area contributed by atoms with Gasteiger partial charge in [0.15, 0.2) is 5.69 Å². The lowest BCUT2D eigenvalue weighted by atomic mass is 10.3. The second kappa shape index (κ2) is 7.37. The van der Waals surface area contributed by atoms with Crippen molar-refractivity contribution in [2.24, 2.45) is 0 Å². The molecule has 0 N–H and O–H groups in total. The number of nitrogens with zero attached hydrogens (tertiary/aromatic N) is 2. The van der Waals surface area contributed by atoms with Crippen molar-refractivity contribution >= 4 is 20.0 Å². The summed E-state index contributed by atoms with van der Waals surface area (Å²) >= 11 is 0. The Morgan fingerprint density at radius 3 is 2.33 bits per heavy atom. The van der Waals surface area contributed by atoms with Crippen LogP contribution < -0.4 is 0 Å². The van der Waals surface area contributed by atoms with Crippen molar-refractivity contribution in [3.8, 4) is 0 Å². The van der Waals surface area contributed by atoms with Crippen LogP contribution in [0.2, 0.25) is 25.7 Å². The van der Waals surface area contributed by atoms with Gasteiger partial charge in [-0.15, -0.1) is 0 Å². The van der Waals surface area contributed by atoms with Crippen molar-refractivity contribution in [2.75, 3.05) is 20.8 Å². The van der Waals surface area contributed by atoms with Gasteiger partial charge in [-0.05, 0) is 6.04 Å². The molecule has 0 saturated heterocycles. The van der Waals surface area contributed by atoms with Gasteiger partial charge in [-0.2, -0.15) is 5.10 Å². The summed E-state index contributed by atoms with van der Waals surface area (Å²) in [5, 5.41) is 4.01. The number of aromatic nitrogens is 2. The topological polar surface area (TPSA) is 79.7 Å². The van der Waals surface area contributed by atoms with Crippen LogP contribution in [-0.2, 0) is 20.9 Å². The van der Waals surface area contributed by atoms with E-state index in [1.54, 1.807) is 0 Å². The van der Waals surface area contributed by atoms with E-state index in [0.717, 1.165) is 6.04 Å². The Balaban J connectivity index is 2.77. The fourth-order valence-electron chi connectivity index (χ4n) is 1.52. The van der Waals surface area contributed by atoms with Crippen LogP contribution in [0.25, 0.3) is 0 Å². The zero-order chi connectivity index (χ0) is 16.0. The van der Waals surface area contributed by atoms with Crippen molar-refractivity contribution in [1.82, 2.24) is 9.78 Å². The minimum atomic E-state index is -1.18. The first-order valence-electron chi connectivity index (χ1n) is 6.60. The van der Waals surface area contributed by atoms with Crippen LogP contribution >= 0.6 is 0 Å². The van der Waals surface area contributed by atoms with Crippen LogP contribution in [-0.4, -0.2) is 50.6 Å². The van der Waals surface area contributed by atoms with Gasteiger partial charge in [-0.1, -0.05) is 19.6 Å². The first-order valence-corrected chi connectivity index (χ1v) is 10.3. The summed E-state index contributed by atoms with van der Waals surface area (Å²) in [5.74, 6) is -1.19. The molecule has 0 bridgehead atoms. The molecular formula is C13H22N2O5Si. The normalized spacial score (nSPS) is 11.3. The molecule has 0 aromatic carbocycles. The zero-order valence-corrected chi connectivity index (χ0v) is 14.1. The SMILES string of the molecule is COC(=O)c1cc(C(=O)OC)n(COCC[Si](C)(C)C)n1. The molecule has 118 valence electrons. The van der Waals surface area contributed by atoms with Crippen molar-refractivity contribution < 1.29 is 23.8 Å². The van der Waals surface area contributed by atoms with Crippen LogP contribution in [0.1, 0.15) is 21.0 Å². The lowest BCUT2D eigenvalue weighted by Crippen LogP contribution is -2.22.